The van der Waals surface area contributed by atoms with Crippen LogP contribution in [0.25, 0.3) is 0 Å². The molecule has 2 heterocycles. The summed E-state index contributed by atoms with van der Waals surface area (Å²) in [7, 11) is 1.78. The summed E-state index contributed by atoms with van der Waals surface area (Å²) in [4.78, 5) is 14.5. The molecular formula is C17H29N5O2. The molecule has 1 aromatic rings. The number of ether oxygens (including phenoxy) is 1. The number of nitrogens with zero attached hydrogens (tertiary/aromatic N) is 4. The quantitative estimate of drug-likeness (QED) is 0.849. The first kappa shape index (κ1) is 17.4. The normalized spacial score (nSPS) is 21.0. The molecule has 1 aromatic heterocycles. The summed E-state index contributed by atoms with van der Waals surface area (Å²) in [6.45, 7) is 3.09. The molecule has 2 fully saturated rings. The number of hydrogen-bond donors (Lipinski definition) is 1. The van der Waals surface area contributed by atoms with Gasteiger partial charge in [-0.1, -0.05) is 24.5 Å². The average Bonchev–Trinajstić information content (AvgIpc) is 3.03. The molecule has 7 nitrogen and oxygen atoms in total. The fraction of sp³-hybridized carbons (Fsp3) is 0.824. The van der Waals surface area contributed by atoms with E-state index in [0.717, 1.165) is 51.0 Å². The Morgan fingerprint density at radius 2 is 2.00 bits per heavy atom. The molecule has 1 amide bonds. The van der Waals surface area contributed by atoms with Gasteiger partial charge >= 0.3 is 0 Å². The number of carbonyl (C=O) groups excluding carboxylic acids is 1. The highest BCUT2D eigenvalue weighted by atomic mass is 16.5. The summed E-state index contributed by atoms with van der Waals surface area (Å²) >= 11 is 0. The van der Waals surface area contributed by atoms with Gasteiger partial charge in [0.2, 0.25) is 5.91 Å². The van der Waals surface area contributed by atoms with E-state index in [1.807, 2.05) is 6.20 Å². The molecular weight excluding hydrogens is 306 g/mol. The van der Waals surface area contributed by atoms with Gasteiger partial charge in [-0.3, -0.25) is 9.69 Å². The Bertz CT molecular complexity index is 519. The molecule has 1 saturated carbocycles. The molecule has 0 unspecified atom stereocenters. The summed E-state index contributed by atoms with van der Waals surface area (Å²) in [6, 6.07) is 0.344. The van der Waals surface area contributed by atoms with E-state index in [2.05, 4.69) is 20.5 Å². The Morgan fingerprint density at radius 1 is 1.25 bits per heavy atom. The molecule has 1 saturated heterocycles. The number of piperidine rings is 1. The average molecular weight is 335 g/mol. The Hall–Kier alpha value is -1.47. The zero-order valence-corrected chi connectivity index (χ0v) is 14.6. The van der Waals surface area contributed by atoms with Crippen LogP contribution in [0.4, 0.5) is 0 Å². The highest BCUT2D eigenvalue weighted by Crippen LogP contribution is 2.17. The van der Waals surface area contributed by atoms with Crippen molar-refractivity contribution in [3.63, 3.8) is 0 Å². The van der Waals surface area contributed by atoms with Gasteiger partial charge in [0.15, 0.2) is 0 Å². The first-order valence-corrected chi connectivity index (χ1v) is 9.16. The van der Waals surface area contributed by atoms with E-state index < -0.39 is 0 Å². The van der Waals surface area contributed by atoms with Crippen LogP contribution in [0.1, 0.15) is 50.6 Å². The van der Waals surface area contributed by atoms with Gasteiger partial charge in [-0.2, -0.15) is 0 Å². The summed E-state index contributed by atoms with van der Waals surface area (Å²) in [5, 5.41) is 11.4. The van der Waals surface area contributed by atoms with Crippen molar-refractivity contribution in [2.45, 2.75) is 70.2 Å². The predicted molar refractivity (Wildman–Crippen MR) is 90.3 cm³/mol. The minimum absolute atomic E-state index is 0.0410. The van der Waals surface area contributed by atoms with Crippen LogP contribution in [-0.2, 0) is 22.6 Å². The van der Waals surface area contributed by atoms with Crippen molar-refractivity contribution in [2.24, 2.45) is 0 Å². The minimum Gasteiger partial charge on any atom is -0.381 e. The smallest absolute Gasteiger partial charge is 0.242 e. The maximum absolute atomic E-state index is 12.1. The first-order chi connectivity index (χ1) is 11.7. The topological polar surface area (TPSA) is 72.3 Å². The van der Waals surface area contributed by atoms with Crippen molar-refractivity contribution in [1.82, 2.24) is 25.2 Å². The molecule has 7 heteroatoms. The van der Waals surface area contributed by atoms with Crippen molar-refractivity contribution in [1.29, 1.82) is 0 Å². The van der Waals surface area contributed by atoms with Gasteiger partial charge in [0.25, 0.3) is 0 Å². The summed E-state index contributed by atoms with van der Waals surface area (Å²) in [5.41, 5.74) is 0.927. The van der Waals surface area contributed by atoms with Gasteiger partial charge in [-0.25, -0.2) is 4.68 Å². The third-order valence-corrected chi connectivity index (χ3v) is 5.12. The lowest BCUT2D eigenvalue weighted by atomic mass is 9.95. The summed E-state index contributed by atoms with van der Waals surface area (Å²) in [5.74, 6) is 0.0410. The van der Waals surface area contributed by atoms with Crippen LogP contribution in [0.3, 0.4) is 0 Å². The van der Waals surface area contributed by atoms with Crippen molar-refractivity contribution < 1.29 is 9.53 Å². The standard InChI is InChI=1S/C17H29N5O2/c1-24-16-7-9-21(10-8-16)11-15-12-22(20-19-15)13-17(23)18-14-5-3-2-4-6-14/h12,14,16H,2-11,13H2,1H3,(H,18,23). The first-order valence-electron chi connectivity index (χ1n) is 9.16. The monoisotopic (exact) mass is 335 g/mol. The molecule has 134 valence electrons. The van der Waals surface area contributed by atoms with Crippen LogP contribution in [0, 0.1) is 0 Å². The lowest BCUT2D eigenvalue weighted by Crippen LogP contribution is -2.38. The zero-order valence-electron chi connectivity index (χ0n) is 14.6. The SMILES string of the molecule is COC1CCN(Cc2cn(CC(=O)NC3CCCCC3)nn2)CC1. The Balaban J connectivity index is 1.42. The second-order valence-electron chi connectivity index (χ2n) is 7.02. The number of amides is 1. The number of hydrogen-bond acceptors (Lipinski definition) is 5. The zero-order chi connectivity index (χ0) is 16.8. The molecule has 0 aromatic carbocycles. The van der Waals surface area contributed by atoms with E-state index in [0.29, 0.717) is 12.1 Å². The number of aromatic nitrogens is 3. The molecule has 1 aliphatic carbocycles. The van der Waals surface area contributed by atoms with Gasteiger partial charge in [0.1, 0.15) is 6.54 Å². The molecule has 24 heavy (non-hydrogen) atoms. The van der Waals surface area contributed by atoms with Gasteiger partial charge in [-0.15, -0.1) is 5.10 Å². The van der Waals surface area contributed by atoms with Crippen LogP contribution in [0.15, 0.2) is 6.20 Å². The van der Waals surface area contributed by atoms with Gasteiger partial charge in [0, 0.05) is 32.8 Å². The highest BCUT2D eigenvalue weighted by molar-refractivity contribution is 5.75. The number of carbonyl (C=O) groups is 1. The lowest BCUT2D eigenvalue weighted by Gasteiger charge is -2.30. The van der Waals surface area contributed by atoms with E-state index in [1.54, 1.807) is 11.8 Å². The number of rotatable bonds is 6. The molecule has 0 bridgehead atoms. The van der Waals surface area contributed by atoms with E-state index in [4.69, 9.17) is 4.74 Å². The van der Waals surface area contributed by atoms with E-state index in [9.17, 15) is 4.79 Å². The van der Waals surface area contributed by atoms with Crippen LogP contribution < -0.4 is 5.32 Å². The number of nitrogens with one attached hydrogen (secondary N) is 1. The van der Waals surface area contributed by atoms with Crippen LogP contribution >= 0.6 is 0 Å². The molecule has 0 radical (unpaired) electrons. The maximum atomic E-state index is 12.1. The molecule has 2 aliphatic rings. The highest BCUT2D eigenvalue weighted by Gasteiger charge is 2.20. The van der Waals surface area contributed by atoms with Crippen molar-refractivity contribution in [2.75, 3.05) is 20.2 Å². The largest absolute Gasteiger partial charge is 0.381 e. The fourth-order valence-electron chi connectivity index (χ4n) is 3.69. The third kappa shape index (κ3) is 5.01. The van der Waals surface area contributed by atoms with Crippen molar-refractivity contribution >= 4 is 5.91 Å². The second kappa shape index (κ2) is 8.58. The van der Waals surface area contributed by atoms with Crippen molar-refractivity contribution in [3.05, 3.63) is 11.9 Å². The lowest BCUT2D eigenvalue weighted by molar-refractivity contribution is -0.122. The van der Waals surface area contributed by atoms with Crippen LogP contribution in [0.5, 0.6) is 0 Å². The fourth-order valence-corrected chi connectivity index (χ4v) is 3.69. The Labute approximate surface area is 143 Å². The number of methoxy groups -OCH3 is 1. The van der Waals surface area contributed by atoms with Gasteiger partial charge in [-0.05, 0) is 25.7 Å². The number of likely N-dealkylation sites (tertiary alicyclic amines) is 1. The minimum atomic E-state index is 0.0410. The second-order valence-corrected chi connectivity index (χ2v) is 7.02. The summed E-state index contributed by atoms with van der Waals surface area (Å²) in [6.07, 6.45) is 10.3. The van der Waals surface area contributed by atoms with E-state index in [1.165, 1.54) is 19.3 Å². The van der Waals surface area contributed by atoms with Gasteiger partial charge < -0.3 is 10.1 Å². The molecule has 0 atom stereocenters. The molecule has 0 spiro atoms. The van der Waals surface area contributed by atoms with Crippen LogP contribution in [0.2, 0.25) is 0 Å². The van der Waals surface area contributed by atoms with E-state index in [-0.39, 0.29) is 12.5 Å². The Kier molecular flexibility index (Phi) is 6.20. The van der Waals surface area contributed by atoms with Crippen molar-refractivity contribution in [3.8, 4) is 0 Å². The molecule has 1 aliphatic heterocycles. The van der Waals surface area contributed by atoms with E-state index >= 15 is 0 Å². The molecule has 3 rings (SSSR count). The molecule has 1 N–H and O–H groups in total. The predicted octanol–water partition coefficient (Wildman–Crippen LogP) is 1.34. The summed E-state index contributed by atoms with van der Waals surface area (Å²) < 4.78 is 7.04. The third-order valence-electron chi connectivity index (χ3n) is 5.12. The van der Waals surface area contributed by atoms with Crippen LogP contribution in [-0.4, -0.2) is 58.1 Å². The Morgan fingerprint density at radius 3 is 2.71 bits per heavy atom. The maximum Gasteiger partial charge on any atom is 0.242 e. The van der Waals surface area contributed by atoms with Gasteiger partial charge in [0.05, 0.1) is 18.0 Å².